The molecular weight excluding hydrogens is 212 g/mol. The van der Waals surface area contributed by atoms with E-state index in [0.29, 0.717) is 11.6 Å². The topological polar surface area (TPSA) is 32.3 Å². The highest BCUT2D eigenvalue weighted by Gasteiger charge is 2.23. The molecule has 1 atom stereocenters. The van der Waals surface area contributed by atoms with Gasteiger partial charge in [0, 0.05) is 13.6 Å². The first-order chi connectivity index (χ1) is 7.09. The number of halogens is 1. The van der Waals surface area contributed by atoms with Crippen molar-refractivity contribution in [1.29, 1.82) is 0 Å². The van der Waals surface area contributed by atoms with Crippen molar-refractivity contribution in [2.24, 2.45) is 5.92 Å². The number of hydrogen-bond donors (Lipinski definition) is 1. The SMILES string of the molecule is CC1CN(C)c2c(Cl)cccc2NC1=O. The molecule has 0 fully saturated rings. The molecule has 1 aliphatic heterocycles. The summed E-state index contributed by atoms with van der Waals surface area (Å²) in [5, 5.41) is 3.55. The third kappa shape index (κ3) is 1.79. The molecule has 1 amide bonds. The van der Waals surface area contributed by atoms with Crippen LogP contribution in [0.25, 0.3) is 0 Å². The van der Waals surface area contributed by atoms with E-state index < -0.39 is 0 Å². The number of carbonyl (C=O) groups excluding carboxylic acids is 1. The number of carbonyl (C=O) groups is 1. The van der Waals surface area contributed by atoms with Gasteiger partial charge in [-0.25, -0.2) is 0 Å². The smallest absolute Gasteiger partial charge is 0.229 e. The lowest BCUT2D eigenvalue weighted by Crippen LogP contribution is -2.27. The molecular formula is C11H13ClN2O. The zero-order valence-corrected chi connectivity index (χ0v) is 9.51. The van der Waals surface area contributed by atoms with Gasteiger partial charge in [-0.2, -0.15) is 0 Å². The number of benzene rings is 1. The maximum Gasteiger partial charge on any atom is 0.229 e. The van der Waals surface area contributed by atoms with E-state index in [1.165, 1.54) is 0 Å². The minimum absolute atomic E-state index is 0.0292. The van der Waals surface area contributed by atoms with E-state index in [4.69, 9.17) is 11.6 Å². The zero-order valence-electron chi connectivity index (χ0n) is 8.75. The summed E-state index contributed by atoms with van der Waals surface area (Å²) in [6, 6.07) is 5.54. The fourth-order valence-corrected chi connectivity index (χ4v) is 2.16. The molecule has 3 nitrogen and oxygen atoms in total. The first-order valence-electron chi connectivity index (χ1n) is 4.90. The Morgan fingerprint density at radius 1 is 1.53 bits per heavy atom. The van der Waals surface area contributed by atoms with Crippen molar-refractivity contribution < 1.29 is 4.79 Å². The van der Waals surface area contributed by atoms with Crippen LogP contribution in [-0.4, -0.2) is 19.5 Å². The summed E-state index contributed by atoms with van der Waals surface area (Å²) in [6.07, 6.45) is 0. The van der Waals surface area contributed by atoms with Gasteiger partial charge in [-0.1, -0.05) is 24.6 Å². The molecule has 0 saturated heterocycles. The average molecular weight is 225 g/mol. The molecule has 1 N–H and O–H groups in total. The number of nitrogens with zero attached hydrogens (tertiary/aromatic N) is 1. The number of anilines is 2. The Morgan fingerprint density at radius 3 is 3.00 bits per heavy atom. The summed E-state index contributed by atoms with van der Waals surface area (Å²) in [5.74, 6) is 0.0151. The quantitative estimate of drug-likeness (QED) is 0.734. The molecule has 80 valence electrons. The molecule has 4 heteroatoms. The summed E-state index contributed by atoms with van der Waals surface area (Å²) < 4.78 is 0. The third-order valence-electron chi connectivity index (χ3n) is 2.62. The number of hydrogen-bond acceptors (Lipinski definition) is 2. The standard InChI is InChI=1S/C11H13ClN2O/c1-7-6-14(2)10-8(12)4-3-5-9(10)13-11(7)15/h3-5,7H,6H2,1-2H3,(H,13,15). The van der Waals surface area contributed by atoms with Crippen LogP contribution in [0, 0.1) is 5.92 Å². The van der Waals surface area contributed by atoms with Crippen molar-refractivity contribution >= 4 is 28.9 Å². The highest BCUT2D eigenvalue weighted by Crippen LogP contribution is 2.35. The maximum atomic E-state index is 11.7. The number of para-hydroxylation sites is 1. The molecule has 0 spiro atoms. The van der Waals surface area contributed by atoms with Crippen LogP contribution in [0.4, 0.5) is 11.4 Å². The van der Waals surface area contributed by atoms with Gasteiger partial charge in [-0.15, -0.1) is 0 Å². The molecule has 0 saturated carbocycles. The lowest BCUT2D eigenvalue weighted by atomic mass is 10.1. The Labute approximate surface area is 94.0 Å². The number of amides is 1. The van der Waals surface area contributed by atoms with Gasteiger partial charge < -0.3 is 10.2 Å². The van der Waals surface area contributed by atoms with Crippen molar-refractivity contribution in [1.82, 2.24) is 0 Å². The first kappa shape index (κ1) is 10.3. The normalized spacial score (nSPS) is 20.6. The third-order valence-corrected chi connectivity index (χ3v) is 2.93. The molecule has 1 aromatic carbocycles. The van der Waals surface area contributed by atoms with Crippen LogP contribution >= 0.6 is 11.6 Å². The lowest BCUT2D eigenvalue weighted by Gasteiger charge is -2.20. The van der Waals surface area contributed by atoms with E-state index in [0.717, 1.165) is 11.4 Å². The first-order valence-corrected chi connectivity index (χ1v) is 5.28. The van der Waals surface area contributed by atoms with Crippen LogP contribution in [0.15, 0.2) is 18.2 Å². The monoisotopic (exact) mass is 224 g/mol. The van der Waals surface area contributed by atoms with Gasteiger partial charge >= 0.3 is 0 Å². The number of rotatable bonds is 0. The highest BCUT2D eigenvalue weighted by molar-refractivity contribution is 6.34. The van der Waals surface area contributed by atoms with Gasteiger partial charge in [-0.05, 0) is 12.1 Å². The second kappa shape index (κ2) is 3.74. The van der Waals surface area contributed by atoms with E-state index in [1.54, 1.807) is 0 Å². The summed E-state index contributed by atoms with van der Waals surface area (Å²) in [6.45, 7) is 2.59. The van der Waals surface area contributed by atoms with Gasteiger partial charge in [0.05, 0.1) is 22.3 Å². The van der Waals surface area contributed by atoms with Crippen LogP contribution in [-0.2, 0) is 4.79 Å². The van der Waals surface area contributed by atoms with E-state index in [2.05, 4.69) is 5.32 Å². The van der Waals surface area contributed by atoms with Crippen LogP contribution in [0.1, 0.15) is 6.92 Å². The van der Waals surface area contributed by atoms with Crippen LogP contribution in [0.3, 0.4) is 0 Å². The fourth-order valence-electron chi connectivity index (χ4n) is 1.85. The van der Waals surface area contributed by atoms with Gasteiger partial charge in [0.25, 0.3) is 0 Å². The number of nitrogens with one attached hydrogen (secondary N) is 1. The number of fused-ring (bicyclic) bond motifs is 1. The Balaban J connectivity index is 2.51. The predicted molar refractivity (Wildman–Crippen MR) is 62.5 cm³/mol. The van der Waals surface area contributed by atoms with E-state index >= 15 is 0 Å². The van der Waals surface area contributed by atoms with Crippen molar-refractivity contribution in [2.75, 3.05) is 23.8 Å². The van der Waals surface area contributed by atoms with E-state index in [1.807, 2.05) is 37.1 Å². The Bertz CT molecular complexity index is 406. The summed E-state index contributed by atoms with van der Waals surface area (Å²) in [7, 11) is 1.95. The van der Waals surface area contributed by atoms with Crippen molar-refractivity contribution in [3.63, 3.8) is 0 Å². The van der Waals surface area contributed by atoms with Crippen molar-refractivity contribution in [3.8, 4) is 0 Å². The lowest BCUT2D eigenvalue weighted by molar-refractivity contribution is -0.119. The minimum atomic E-state index is -0.0292. The maximum absolute atomic E-state index is 11.7. The van der Waals surface area contributed by atoms with Crippen molar-refractivity contribution in [3.05, 3.63) is 23.2 Å². The summed E-state index contributed by atoms with van der Waals surface area (Å²) in [4.78, 5) is 13.7. The van der Waals surface area contributed by atoms with Crippen molar-refractivity contribution in [2.45, 2.75) is 6.92 Å². The van der Waals surface area contributed by atoms with Gasteiger partial charge in [0.1, 0.15) is 0 Å². The molecule has 0 bridgehead atoms. The summed E-state index contributed by atoms with van der Waals surface area (Å²) in [5.41, 5.74) is 1.69. The molecule has 0 aromatic heterocycles. The molecule has 0 radical (unpaired) electrons. The molecule has 1 aliphatic rings. The van der Waals surface area contributed by atoms with Crippen LogP contribution in [0.2, 0.25) is 5.02 Å². The average Bonchev–Trinajstić information content (AvgIpc) is 2.26. The van der Waals surface area contributed by atoms with Crippen LogP contribution in [0.5, 0.6) is 0 Å². The predicted octanol–water partition coefficient (Wildman–Crippen LogP) is 2.36. The second-order valence-electron chi connectivity index (χ2n) is 3.91. The molecule has 1 aromatic rings. The summed E-state index contributed by atoms with van der Waals surface area (Å²) >= 11 is 6.11. The molecule has 2 rings (SSSR count). The molecule has 15 heavy (non-hydrogen) atoms. The Kier molecular flexibility index (Phi) is 2.57. The highest BCUT2D eigenvalue weighted by atomic mass is 35.5. The Hall–Kier alpha value is -1.22. The van der Waals surface area contributed by atoms with Gasteiger partial charge in [0.15, 0.2) is 0 Å². The molecule has 1 unspecified atom stereocenters. The van der Waals surface area contributed by atoms with Gasteiger partial charge in [0.2, 0.25) is 5.91 Å². The zero-order chi connectivity index (χ0) is 11.0. The van der Waals surface area contributed by atoms with Gasteiger partial charge in [-0.3, -0.25) is 4.79 Å². The van der Waals surface area contributed by atoms with E-state index in [-0.39, 0.29) is 11.8 Å². The molecule has 1 heterocycles. The fraction of sp³-hybridized carbons (Fsp3) is 0.364. The van der Waals surface area contributed by atoms with E-state index in [9.17, 15) is 4.79 Å². The second-order valence-corrected chi connectivity index (χ2v) is 4.31. The van der Waals surface area contributed by atoms with Crippen LogP contribution < -0.4 is 10.2 Å². The Morgan fingerprint density at radius 2 is 2.27 bits per heavy atom. The molecule has 0 aliphatic carbocycles. The largest absolute Gasteiger partial charge is 0.371 e. The minimum Gasteiger partial charge on any atom is -0.371 e.